The number of nitrogens with zero attached hydrogens (tertiary/aromatic N) is 1. The minimum atomic E-state index is -0.415. The van der Waals surface area contributed by atoms with Crippen LogP contribution < -0.4 is 5.32 Å². The Balaban J connectivity index is 1.93. The molecule has 1 aromatic rings. The average Bonchev–Trinajstić information content (AvgIpc) is 2.90. The van der Waals surface area contributed by atoms with E-state index in [0.717, 1.165) is 25.9 Å². The molecule has 0 bridgehead atoms. The molecule has 1 aliphatic rings. The smallest absolute Gasteiger partial charge is 0.360 e. The van der Waals surface area contributed by atoms with Gasteiger partial charge in [0, 0.05) is 6.42 Å². The van der Waals surface area contributed by atoms with Gasteiger partial charge in [-0.25, -0.2) is 9.78 Å². The number of rotatable bonds is 4. The summed E-state index contributed by atoms with van der Waals surface area (Å²) in [5.74, 6) is 0.771. The van der Waals surface area contributed by atoms with Crippen molar-refractivity contribution in [1.29, 1.82) is 0 Å². The van der Waals surface area contributed by atoms with Crippen LogP contribution in [0.25, 0.3) is 0 Å². The largest absolute Gasteiger partial charge is 0.461 e. The van der Waals surface area contributed by atoms with E-state index in [9.17, 15) is 4.79 Å². The van der Waals surface area contributed by atoms with Gasteiger partial charge in [0.05, 0.1) is 6.61 Å². The van der Waals surface area contributed by atoms with Crippen LogP contribution in [0.5, 0.6) is 0 Å². The van der Waals surface area contributed by atoms with Gasteiger partial charge < -0.3 is 14.5 Å². The molecule has 5 heteroatoms. The maximum absolute atomic E-state index is 11.3. The number of carbonyl (C=O) groups excluding carboxylic acids is 1. The summed E-state index contributed by atoms with van der Waals surface area (Å²) in [6, 6.07) is 0. The first-order valence-electron chi connectivity index (χ1n) is 5.62. The Morgan fingerprint density at radius 2 is 2.62 bits per heavy atom. The number of carbonyl (C=O) groups is 1. The Labute approximate surface area is 94.2 Å². The number of esters is 1. The number of aromatic nitrogens is 1. The van der Waals surface area contributed by atoms with Crippen molar-refractivity contribution in [2.24, 2.45) is 5.92 Å². The molecule has 2 rings (SSSR count). The van der Waals surface area contributed by atoms with E-state index in [1.54, 1.807) is 6.92 Å². The summed E-state index contributed by atoms with van der Waals surface area (Å²) in [5, 5.41) is 3.28. The first kappa shape index (κ1) is 11.1. The van der Waals surface area contributed by atoms with E-state index < -0.39 is 5.97 Å². The van der Waals surface area contributed by atoms with Crippen molar-refractivity contribution in [3.05, 3.63) is 17.8 Å². The van der Waals surface area contributed by atoms with E-state index in [2.05, 4.69) is 10.3 Å². The van der Waals surface area contributed by atoms with E-state index in [0.29, 0.717) is 18.4 Å². The Kier molecular flexibility index (Phi) is 3.56. The Morgan fingerprint density at radius 3 is 3.31 bits per heavy atom. The molecule has 16 heavy (non-hydrogen) atoms. The summed E-state index contributed by atoms with van der Waals surface area (Å²) in [6.45, 7) is 4.17. The van der Waals surface area contributed by atoms with Crippen LogP contribution in [-0.2, 0) is 11.2 Å². The molecule has 0 radical (unpaired) electrons. The summed E-state index contributed by atoms with van der Waals surface area (Å²) in [5.41, 5.74) is 0.266. The van der Waals surface area contributed by atoms with Crippen LogP contribution in [-0.4, -0.2) is 30.6 Å². The molecule has 0 aliphatic carbocycles. The van der Waals surface area contributed by atoms with Crippen LogP contribution in [0.4, 0.5) is 0 Å². The van der Waals surface area contributed by atoms with Gasteiger partial charge in [0.15, 0.2) is 11.6 Å². The van der Waals surface area contributed by atoms with E-state index in [4.69, 9.17) is 9.15 Å². The quantitative estimate of drug-likeness (QED) is 0.773. The van der Waals surface area contributed by atoms with Crippen LogP contribution in [0.15, 0.2) is 10.7 Å². The molecule has 1 aromatic heterocycles. The molecular weight excluding hydrogens is 208 g/mol. The highest BCUT2D eigenvalue weighted by Crippen LogP contribution is 2.15. The molecule has 1 unspecified atom stereocenters. The minimum Gasteiger partial charge on any atom is -0.461 e. The van der Waals surface area contributed by atoms with Crippen LogP contribution in [0.1, 0.15) is 29.7 Å². The lowest BCUT2D eigenvalue weighted by molar-refractivity contribution is 0.0519. The zero-order valence-electron chi connectivity index (χ0n) is 9.36. The highest BCUT2D eigenvalue weighted by atomic mass is 16.5. The third-order valence-electron chi connectivity index (χ3n) is 2.66. The number of nitrogens with one attached hydrogen (secondary N) is 1. The van der Waals surface area contributed by atoms with Crippen molar-refractivity contribution in [3.8, 4) is 0 Å². The van der Waals surface area contributed by atoms with Crippen LogP contribution in [0, 0.1) is 5.92 Å². The first-order valence-corrected chi connectivity index (χ1v) is 5.62. The highest BCUT2D eigenvalue weighted by Gasteiger charge is 2.19. The van der Waals surface area contributed by atoms with E-state index in [1.807, 2.05) is 0 Å². The Hall–Kier alpha value is -1.36. The van der Waals surface area contributed by atoms with Crippen LogP contribution in [0.3, 0.4) is 0 Å². The van der Waals surface area contributed by atoms with Crippen LogP contribution >= 0.6 is 0 Å². The van der Waals surface area contributed by atoms with Crippen molar-refractivity contribution in [1.82, 2.24) is 10.3 Å². The maximum atomic E-state index is 11.3. The Bertz CT molecular complexity index is 356. The molecule has 0 spiro atoms. The highest BCUT2D eigenvalue weighted by molar-refractivity contribution is 5.86. The summed E-state index contributed by atoms with van der Waals surface area (Å²) >= 11 is 0. The van der Waals surface area contributed by atoms with Gasteiger partial charge in [-0.2, -0.15) is 0 Å². The lowest BCUT2D eigenvalue weighted by atomic mass is 10.1. The minimum absolute atomic E-state index is 0.266. The van der Waals surface area contributed by atoms with Gasteiger partial charge in [-0.05, 0) is 32.4 Å². The molecule has 2 heterocycles. The normalized spacial score (nSPS) is 19.9. The molecule has 1 saturated heterocycles. The summed E-state index contributed by atoms with van der Waals surface area (Å²) in [7, 11) is 0. The Morgan fingerprint density at radius 1 is 1.75 bits per heavy atom. The van der Waals surface area contributed by atoms with Gasteiger partial charge in [0.25, 0.3) is 0 Å². The lowest BCUT2D eigenvalue weighted by Crippen LogP contribution is -2.11. The second kappa shape index (κ2) is 5.12. The monoisotopic (exact) mass is 224 g/mol. The van der Waals surface area contributed by atoms with Crippen molar-refractivity contribution in [2.75, 3.05) is 19.7 Å². The van der Waals surface area contributed by atoms with Crippen molar-refractivity contribution in [3.63, 3.8) is 0 Å². The van der Waals surface area contributed by atoms with Gasteiger partial charge in [0.1, 0.15) is 6.26 Å². The van der Waals surface area contributed by atoms with Gasteiger partial charge in [-0.15, -0.1) is 0 Å². The van der Waals surface area contributed by atoms with Gasteiger partial charge in [-0.1, -0.05) is 0 Å². The zero-order valence-corrected chi connectivity index (χ0v) is 9.36. The van der Waals surface area contributed by atoms with Gasteiger partial charge in [0.2, 0.25) is 0 Å². The van der Waals surface area contributed by atoms with Gasteiger partial charge >= 0.3 is 5.97 Å². The molecule has 1 fully saturated rings. The third-order valence-corrected chi connectivity index (χ3v) is 2.66. The standard InChI is InChI=1S/C11H16N2O3/c1-2-15-11(14)9-7-16-10(13-9)5-8-3-4-12-6-8/h7-8,12H,2-6H2,1H3. The van der Waals surface area contributed by atoms with Gasteiger partial charge in [-0.3, -0.25) is 0 Å². The van der Waals surface area contributed by atoms with Crippen molar-refractivity contribution in [2.45, 2.75) is 19.8 Å². The number of ether oxygens (including phenoxy) is 1. The van der Waals surface area contributed by atoms with Crippen LogP contribution in [0.2, 0.25) is 0 Å². The predicted molar refractivity (Wildman–Crippen MR) is 57.1 cm³/mol. The maximum Gasteiger partial charge on any atom is 0.360 e. The fraction of sp³-hybridized carbons (Fsp3) is 0.636. The predicted octanol–water partition coefficient (Wildman–Crippen LogP) is 1.00. The molecule has 5 nitrogen and oxygen atoms in total. The molecule has 1 N–H and O–H groups in total. The average molecular weight is 224 g/mol. The van der Waals surface area contributed by atoms with Crippen molar-refractivity contribution < 1.29 is 13.9 Å². The fourth-order valence-electron chi connectivity index (χ4n) is 1.84. The van der Waals surface area contributed by atoms with E-state index in [-0.39, 0.29) is 5.69 Å². The van der Waals surface area contributed by atoms with E-state index in [1.165, 1.54) is 6.26 Å². The molecule has 88 valence electrons. The molecule has 0 saturated carbocycles. The third kappa shape index (κ3) is 2.61. The zero-order chi connectivity index (χ0) is 11.4. The topological polar surface area (TPSA) is 64.4 Å². The summed E-state index contributed by atoms with van der Waals surface area (Å²) < 4.78 is 10.1. The molecular formula is C11H16N2O3. The molecule has 1 atom stereocenters. The molecule has 0 aromatic carbocycles. The first-order chi connectivity index (χ1) is 7.79. The summed E-state index contributed by atoms with van der Waals surface area (Å²) in [4.78, 5) is 15.5. The second-order valence-electron chi connectivity index (χ2n) is 3.91. The second-order valence-corrected chi connectivity index (χ2v) is 3.91. The molecule has 0 amide bonds. The fourth-order valence-corrected chi connectivity index (χ4v) is 1.84. The lowest BCUT2D eigenvalue weighted by Gasteiger charge is -2.02. The SMILES string of the molecule is CCOC(=O)c1coc(CC2CCNC2)n1. The van der Waals surface area contributed by atoms with E-state index >= 15 is 0 Å². The molecule has 1 aliphatic heterocycles. The number of hydrogen-bond donors (Lipinski definition) is 1. The summed E-state index contributed by atoms with van der Waals surface area (Å²) in [6.07, 6.45) is 3.29. The number of hydrogen-bond acceptors (Lipinski definition) is 5. The number of oxazole rings is 1. The van der Waals surface area contributed by atoms with Crippen molar-refractivity contribution >= 4 is 5.97 Å².